The number of nitrogens with one attached hydrogen (secondary N) is 1. The SMILES string of the molecule is CCCCCCCCCC/C=C\CCCCCCCCCCCCCCCCCCCCCCCCCCCCCC(=O)NC(COP(=O)([O-])OCC[N+](C)(C)C)C(O)C(O)CCCCCCCCCCCCCC. The number of phosphoric ester groups is 1. The Bertz CT molecular complexity index is 1250. The average molecular weight is 1080 g/mol. The van der Waals surface area contributed by atoms with E-state index in [1.807, 2.05) is 21.1 Å². The number of quaternary nitrogens is 1. The molecule has 0 rings (SSSR count). The third-order valence-corrected chi connectivity index (χ3v) is 16.6. The van der Waals surface area contributed by atoms with Crippen molar-refractivity contribution in [2.45, 2.75) is 360 Å². The second-order valence-corrected chi connectivity index (χ2v) is 25.7. The Morgan fingerprint density at radius 1 is 0.467 bits per heavy atom. The summed E-state index contributed by atoms with van der Waals surface area (Å²) in [6.07, 6.45) is 67.5. The Kier molecular flexibility index (Phi) is 55.9. The van der Waals surface area contributed by atoms with Crippen LogP contribution in [0, 0.1) is 0 Å². The second-order valence-electron chi connectivity index (χ2n) is 24.3. The summed E-state index contributed by atoms with van der Waals surface area (Å²) in [7, 11) is 1.14. The number of nitrogens with zero attached hydrogens (tertiary/aromatic N) is 1. The molecule has 448 valence electrons. The van der Waals surface area contributed by atoms with Crippen molar-refractivity contribution in [1.82, 2.24) is 5.32 Å². The number of hydrogen-bond acceptors (Lipinski definition) is 7. The number of aliphatic hydroxyl groups excluding tert-OH is 2. The first-order valence-corrected chi connectivity index (χ1v) is 34.6. The van der Waals surface area contributed by atoms with E-state index in [2.05, 4.69) is 31.3 Å². The van der Waals surface area contributed by atoms with Crippen LogP contribution < -0.4 is 10.2 Å². The van der Waals surface area contributed by atoms with Crippen LogP contribution in [-0.2, 0) is 18.4 Å². The van der Waals surface area contributed by atoms with E-state index in [0.717, 1.165) is 38.5 Å². The number of amides is 1. The number of phosphoric acid groups is 1. The van der Waals surface area contributed by atoms with Gasteiger partial charge < -0.3 is 34.0 Å². The standard InChI is InChI=1S/C65H131N2O7P/c1-6-8-10-12-14-16-18-20-21-22-23-24-25-26-27-28-29-30-31-32-33-34-35-36-37-38-39-40-41-42-43-44-45-46-48-50-52-54-56-58-64(69)66-62(61-74-75(71,72)73-60-59-67(3,4)5)65(70)63(68)57-55-53-51-49-47-19-17-15-13-11-9-7-2/h22-23,62-63,65,68,70H,6-21,24-61H2,1-5H3,(H-,66,69,71,72)/b23-22-. The van der Waals surface area contributed by atoms with Crippen molar-refractivity contribution in [1.29, 1.82) is 0 Å². The summed E-state index contributed by atoms with van der Waals surface area (Å²) >= 11 is 0. The number of allylic oxidation sites excluding steroid dienone is 2. The zero-order valence-corrected chi connectivity index (χ0v) is 51.8. The summed E-state index contributed by atoms with van der Waals surface area (Å²) in [5.74, 6) is -0.271. The van der Waals surface area contributed by atoms with Crippen LogP contribution in [0.1, 0.15) is 341 Å². The van der Waals surface area contributed by atoms with Gasteiger partial charge in [-0.05, 0) is 38.5 Å². The van der Waals surface area contributed by atoms with Crippen LogP contribution >= 0.6 is 7.82 Å². The normalized spacial score (nSPS) is 14.2. The van der Waals surface area contributed by atoms with Crippen LogP contribution in [0.15, 0.2) is 12.2 Å². The number of carbonyl (C=O) groups excluding carboxylic acids is 1. The van der Waals surface area contributed by atoms with E-state index in [9.17, 15) is 24.5 Å². The largest absolute Gasteiger partial charge is 0.756 e. The van der Waals surface area contributed by atoms with E-state index < -0.39 is 32.7 Å². The lowest BCUT2D eigenvalue weighted by atomic mass is 9.99. The number of rotatable bonds is 62. The fourth-order valence-electron chi connectivity index (χ4n) is 10.4. The fraction of sp³-hybridized carbons (Fsp3) is 0.954. The summed E-state index contributed by atoms with van der Waals surface area (Å²) in [6.45, 7) is 4.48. The van der Waals surface area contributed by atoms with Gasteiger partial charge in [0.2, 0.25) is 5.91 Å². The van der Waals surface area contributed by atoms with Crippen molar-refractivity contribution in [2.75, 3.05) is 40.9 Å². The number of carbonyl (C=O) groups is 1. The Morgan fingerprint density at radius 2 is 0.760 bits per heavy atom. The summed E-state index contributed by atoms with van der Waals surface area (Å²) in [4.78, 5) is 25.6. The molecule has 3 N–H and O–H groups in total. The molecule has 4 unspecified atom stereocenters. The molecule has 0 saturated carbocycles. The maximum absolute atomic E-state index is 13.0. The monoisotopic (exact) mass is 1080 g/mol. The number of aliphatic hydroxyl groups is 2. The van der Waals surface area contributed by atoms with Crippen molar-refractivity contribution in [3.63, 3.8) is 0 Å². The summed E-state index contributed by atoms with van der Waals surface area (Å²) in [5, 5.41) is 24.8. The molecule has 0 aliphatic heterocycles. The first-order valence-electron chi connectivity index (χ1n) is 33.1. The third-order valence-electron chi connectivity index (χ3n) is 15.6. The first kappa shape index (κ1) is 74.2. The van der Waals surface area contributed by atoms with Gasteiger partial charge in [-0.3, -0.25) is 9.36 Å². The van der Waals surface area contributed by atoms with Crippen LogP contribution in [0.5, 0.6) is 0 Å². The molecule has 10 heteroatoms. The lowest BCUT2D eigenvalue weighted by Crippen LogP contribution is -2.51. The van der Waals surface area contributed by atoms with Gasteiger partial charge in [0.1, 0.15) is 19.3 Å². The van der Waals surface area contributed by atoms with Crippen LogP contribution in [0.4, 0.5) is 0 Å². The molecule has 75 heavy (non-hydrogen) atoms. The van der Waals surface area contributed by atoms with E-state index in [1.54, 1.807) is 0 Å². The molecule has 0 aliphatic rings. The molecular formula is C65H131N2O7P. The van der Waals surface area contributed by atoms with Crippen LogP contribution in [-0.4, -0.2) is 79.8 Å². The van der Waals surface area contributed by atoms with Crippen LogP contribution in [0.2, 0.25) is 0 Å². The Balaban J connectivity index is 3.88. The molecule has 0 heterocycles. The Labute approximate surface area is 467 Å². The molecule has 0 fully saturated rings. The second kappa shape index (κ2) is 56.5. The highest BCUT2D eigenvalue weighted by Crippen LogP contribution is 2.38. The zero-order chi connectivity index (χ0) is 55.0. The van der Waals surface area contributed by atoms with Crippen LogP contribution in [0.25, 0.3) is 0 Å². The maximum Gasteiger partial charge on any atom is 0.268 e. The summed E-state index contributed by atoms with van der Waals surface area (Å²) < 4.78 is 23.3. The van der Waals surface area contributed by atoms with Crippen molar-refractivity contribution in [3.05, 3.63) is 12.2 Å². The van der Waals surface area contributed by atoms with E-state index >= 15 is 0 Å². The quantitative estimate of drug-likeness (QED) is 0.0239. The molecule has 0 aromatic heterocycles. The molecule has 9 nitrogen and oxygen atoms in total. The van der Waals surface area contributed by atoms with Gasteiger partial charge in [0.05, 0.1) is 39.9 Å². The number of hydrogen-bond donors (Lipinski definition) is 3. The van der Waals surface area contributed by atoms with Gasteiger partial charge in [0.15, 0.2) is 0 Å². The van der Waals surface area contributed by atoms with Crippen molar-refractivity contribution < 1.29 is 38.0 Å². The molecule has 0 aliphatic carbocycles. The van der Waals surface area contributed by atoms with Gasteiger partial charge >= 0.3 is 0 Å². The highest BCUT2D eigenvalue weighted by atomic mass is 31.2. The minimum atomic E-state index is -4.67. The van der Waals surface area contributed by atoms with Gasteiger partial charge in [-0.2, -0.15) is 0 Å². The highest BCUT2D eigenvalue weighted by molar-refractivity contribution is 7.45. The molecule has 1 amide bonds. The highest BCUT2D eigenvalue weighted by Gasteiger charge is 2.29. The lowest BCUT2D eigenvalue weighted by Gasteiger charge is -2.31. The molecule has 0 spiro atoms. The molecule has 0 radical (unpaired) electrons. The summed E-state index contributed by atoms with van der Waals surface area (Å²) in [6, 6.07) is -1.07. The first-order chi connectivity index (χ1) is 36.4. The van der Waals surface area contributed by atoms with E-state index in [0.29, 0.717) is 17.4 Å². The van der Waals surface area contributed by atoms with Crippen molar-refractivity contribution in [3.8, 4) is 0 Å². The van der Waals surface area contributed by atoms with Crippen molar-refractivity contribution >= 4 is 13.7 Å². The van der Waals surface area contributed by atoms with Gasteiger partial charge in [-0.15, -0.1) is 0 Å². The minimum absolute atomic E-state index is 0.0372. The van der Waals surface area contributed by atoms with Gasteiger partial charge in [0, 0.05) is 6.42 Å². The van der Waals surface area contributed by atoms with E-state index in [4.69, 9.17) is 9.05 Å². The van der Waals surface area contributed by atoms with Gasteiger partial charge in [0.25, 0.3) is 7.82 Å². The maximum atomic E-state index is 13.0. The fourth-order valence-corrected chi connectivity index (χ4v) is 11.1. The Morgan fingerprint density at radius 3 is 1.08 bits per heavy atom. The number of likely N-dealkylation sites (N-methyl/N-ethyl adjacent to an activating group) is 1. The Hall–Kier alpha value is -0.800. The predicted octanol–water partition coefficient (Wildman–Crippen LogP) is 18.9. The van der Waals surface area contributed by atoms with Gasteiger partial charge in [-0.1, -0.05) is 309 Å². The number of unbranched alkanes of at least 4 members (excludes halogenated alkanes) is 46. The van der Waals surface area contributed by atoms with Crippen molar-refractivity contribution in [2.24, 2.45) is 0 Å². The van der Waals surface area contributed by atoms with Gasteiger partial charge in [-0.25, -0.2) is 0 Å². The average Bonchev–Trinajstić information content (AvgIpc) is 3.37. The molecular weight excluding hydrogens is 952 g/mol. The smallest absolute Gasteiger partial charge is 0.268 e. The lowest BCUT2D eigenvalue weighted by molar-refractivity contribution is -0.870. The molecule has 4 atom stereocenters. The minimum Gasteiger partial charge on any atom is -0.756 e. The summed E-state index contributed by atoms with van der Waals surface area (Å²) in [5.41, 5.74) is 0. The van der Waals surface area contributed by atoms with Crippen LogP contribution in [0.3, 0.4) is 0 Å². The predicted molar refractivity (Wildman–Crippen MR) is 322 cm³/mol. The molecule has 0 saturated heterocycles. The molecule has 0 aromatic carbocycles. The zero-order valence-electron chi connectivity index (χ0n) is 50.9. The molecule has 0 bridgehead atoms. The van der Waals surface area contributed by atoms with E-state index in [-0.39, 0.29) is 18.9 Å². The third kappa shape index (κ3) is 57.7. The molecule has 0 aromatic rings. The topological polar surface area (TPSA) is 128 Å². The van der Waals surface area contributed by atoms with E-state index in [1.165, 1.54) is 276 Å².